The van der Waals surface area contributed by atoms with Crippen LogP contribution in [0.5, 0.6) is 0 Å². The summed E-state index contributed by atoms with van der Waals surface area (Å²) in [6.07, 6.45) is -3.31. The minimum Gasteiger partial charge on any atom is -0.464 e. The molecule has 0 aliphatic carbocycles. The van der Waals surface area contributed by atoms with Gasteiger partial charge >= 0.3 is 6.18 Å². The first-order valence-electron chi connectivity index (χ1n) is 9.90. The third-order valence-electron chi connectivity index (χ3n) is 5.58. The Hall–Kier alpha value is -4.07. The zero-order chi connectivity index (χ0) is 23.3. The monoisotopic (exact) mass is 451 g/mol. The fourth-order valence-corrected chi connectivity index (χ4v) is 4.11. The van der Waals surface area contributed by atoms with Crippen molar-refractivity contribution in [3.05, 3.63) is 95.5 Å². The topological polar surface area (TPSA) is 61.2 Å². The molecule has 0 fully saturated rings. The van der Waals surface area contributed by atoms with E-state index in [2.05, 4.69) is 6.07 Å². The number of carbonyl (C=O) groups excluding carboxylic acids is 1. The van der Waals surface area contributed by atoms with E-state index < -0.39 is 23.5 Å². The normalized spacial score (nSPS) is 12.0. The summed E-state index contributed by atoms with van der Waals surface area (Å²) in [6, 6.07) is 18.1. The average Bonchev–Trinajstić information content (AvgIpc) is 3.41. The van der Waals surface area contributed by atoms with E-state index in [1.54, 1.807) is 47.0 Å². The van der Waals surface area contributed by atoms with Crippen LogP contribution in [0.25, 0.3) is 33.1 Å². The number of rotatable bonds is 4. The quantitative estimate of drug-likeness (QED) is 0.333. The SMILES string of the molecule is NC(=O)c1cccc2c1c1[c]cc(-c3ccco3)cc1n2Cc1cccc(C(F)(F)F)c1F. The van der Waals surface area contributed by atoms with E-state index in [0.29, 0.717) is 39.2 Å². The average molecular weight is 451 g/mol. The summed E-state index contributed by atoms with van der Waals surface area (Å²) in [4.78, 5) is 12.1. The van der Waals surface area contributed by atoms with Crippen LogP contribution in [0.1, 0.15) is 21.5 Å². The number of hydrogen-bond donors (Lipinski definition) is 1. The van der Waals surface area contributed by atoms with E-state index in [9.17, 15) is 22.4 Å². The number of furan rings is 1. The second-order valence-corrected chi connectivity index (χ2v) is 7.55. The number of aromatic nitrogens is 1. The molecule has 0 saturated heterocycles. The molecule has 0 atom stereocenters. The zero-order valence-corrected chi connectivity index (χ0v) is 16.9. The molecular weight excluding hydrogens is 436 g/mol. The number of carbonyl (C=O) groups is 1. The second kappa shape index (κ2) is 7.51. The number of fused-ring (bicyclic) bond motifs is 3. The molecule has 3 aromatic carbocycles. The van der Waals surface area contributed by atoms with Crippen LogP contribution in [0.3, 0.4) is 0 Å². The van der Waals surface area contributed by atoms with Crippen LogP contribution in [-0.4, -0.2) is 10.5 Å². The van der Waals surface area contributed by atoms with E-state index in [4.69, 9.17) is 10.2 Å². The van der Waals surface area contributed by atoms with Crippen molar-refractivity contribution in [3.63, 3.8) is 0 Å². The molecule has 0 spiro atoms. The summed E-state index contributed by atoms with van der Waals surface area (Å²) in [7, 11) is 0. The first kappa shape index (κ1) is 20.8. The van der Waals surface area contributed by atoms with Crippen molar-refractivity contribution in [3.8, 4) is 11.3 Å². The van der Waals surface area contributed by atoms with Crippen molar-refractivity contribution >= 4 is 27.7 Å². The Kier molecular flexibility index (Phi) is 4.74. The Morgan fingerprint density at radius 1 is 1.06 bits per heavy atom. The summed E-state index contributed by atoms with van der Waals surface area (Å²) in [5.41, 5.74) is 6.07. The number of benzene rings is 3. The molecule has 0 unspecified atom stereocenters. The largest absolute Gasteiger partial charge is 0.464 e. The predicted octanol–water partition coefficient (Wildman–Crippen LogP) is 6.16. The predicted molar refractivity (Wildman–Crippen MR) is 115 cm³/mol. The van der Waals surface area contributed by atoms with Crippen molar-refractivity contribution in [1.29, 1.82) is 0 Å². The van der Waals surface area contributed by atoms with Gasteiger partial charge in [-0.05, 0) is 48.5 Å². The maximum Gasteiger partial charge on any atom is 0.419 e. The molecule has 0 aliphatic heterocycles. The second-order valence-electron chi connectivity index (χ2n) is 7.55. The minimum atomic E-state index is -4.82. The number of nitrogens with zero attached hydrogens (tertiary/aromatic N) is 1. The minimum absolute atomic E-state index is 0.142. The molecule has 0 aliphatic rings. The van der Waals surface area contributed by atoms with Gasteiger partial charge in [0.25, 0.3) is 0 Å². The fraction of sp³-hybridized carbons (Fsp3) is 0.0800. The Labute approximate surface area is 184 Å². The smallest absolute Gasteiger partial charge is 0.419 e. The molecule has 8 heteroatoms. The first-order chi connectivity index (χ1) is 15.8. The number of amides is 1. The third kappa shape index (κ3) is 3.44. The van der Waals surface area contributed by atoms with Crippen molar-refractivity contribution in [2.75, 3.05) is 0 Å². The number of hydrogen-bond acceptors (Lipinski definition) is 2. The van der Waals surface area contributed by atoms with E-state index in [-0.39, 0.29) is 17.7 Å². The lowest BCUT2D eigenvalue weighted by molar-refractivity contribution is -0.140. The van der Waals surface area contributed by atoms with Crippen molar-refractivity contribution in [1.82, 2.24) is 4.57 Å². The van der Waals surface area contributed by atoms with Gasteiger partial charge in [0.05, 0.1) is 29.4 Å². The zero-order valence-electron chi connectivity index (χ0n) is 16.9. The number of alkyl halides is 3. The van der Waals surface area contributed by atoms with E-state index in [0.717, 1.165) is 0 Å². The summed E-state index contributed by atoms with van der Waals surface area (Å²) < 4.78 is 61.7. The highest BCUT2D eigenvalue weighted by molar-refractivity contribution is 6.18. The van der Waals surface area contributed by atoms with Gasteiger partial charge in [-0.2, -0.15) is 13.2 Å². The molecule has 5 aromatic rings. The van der Waals surface area contributed by atoms with Gasteiger partial charge in [-0.1, -0.05) is 18.2 Å². The van der Waals surface area contributed by atoms with Gasteiger partial charge in [0, 0.05) is 27.5 Å². The van der Waals surface area contributed by atoms with E-state index >= 15 is 0 Å². The van der Waals surface area contributed by atoms with Crippen LogP contribution in [0.15, 0.2) is 71.3 Å². The highest BCUT2D eigenvalue weighted by atomic mass is 19.4. The lowest BCUT2D eigenvalue weighted by atomic mass is 10.0. The van der Waals surface area contributed by atoms with Crippen molar-refractivity contribution < 1.29 is 26.8 Å². The summed E-state index contributed by atoms with van der Waals surface area (Å²) >= 11 is 0. The molecule has 1 radical (unpaired) electrons. The van der Waals surface area contributed by atoms with Crippen molar-refractivity contribution in [2.24, 2.45) is 5.73 Å². The third-order valence-corrected chi connectivity index (χ3v) is 5.58. The first-order valence-corrected chi connectivity index (χ1v) is 9.90. The van der Waals surface area contributed by atoms with Gasteiger partial charge < -0.3 is 14.7 Å². The van der Waals surface area contributed by atoms with Gasteiger partial charge in [-0.3, -0.25) is 4.79 Å². The molecule has 0 saturated carbocycles. The highest BCUT2D eigenvalue weighted by Crippen LogP contribution is 2.36. The molecule has 5 rings (SSSR count). The number of nitrogens with two attached hydrogens (primary N) is 1. The van der Waals surface area contributed by atoms with Gasteiger partial charge in [-0.25, -0.2) is 4.39 Å². The summed E-state index contributed by atoms with van der Waals surface area (Å²) in [5, 5.41) is 1.04. The van der Waals surface area contributed by atoms with E-state index in [1.165, 1.54) is 18.4 Å². The molecule has 0 bridgehead atoms. The molecule has 2 heterocycles. The van der Waals surface area contributed by atoms with Gasteiger partial charge in [0.2, 0.25) is 5.91 Å². The molecule has 2 N–H and O–H groups in total. The van der Waals surface area contributed by atoms with Gasteiger partial charge in [0.1, 0.15) is 11.6 Å². The molecule has 165 valence electrons. The molecule has 1 amide bonds. The van der Waals surface area contributed by atoms with Crippen LogP contribution in [0.4, 0.5) is 17.6 Å². The number of halogens is 4. The van der Waals surface area contributed by atoms with Gasteiger partial charge in [0.15, 0.2) is 0 Å². The number of primary amides is 1. The van der Waals surface area contributed by atoms with Gasteiger partial charge in [-0.15, -0.1) is 0 Å². The molecule has 33 heavy (non-hydrogen) atoms. The molecule has 2 aromatic heterocycles. The summed E-state index contributed by atoms with van der Waals surface area (Å²) in [6.45, 7) is -0.201. The maximum atomic E-state index is 14.8. The Morgan fingerprint density at radius 2 is 1.85 bits per heavy atom. The van der Waals surface area contributed by atoms with Crippen LogP contribution in [0, 0.1) is 11.9 Å². The van der Waals surface area contributed by atoms with Crippen LogP contribution >= 0.6 is 0 Å². The van der Waals surface area contributed by atoms with Crippen LogP contribution in [0.2, 0.25) is 0 Å². The standard InChI is InChI=1S/C25H15F4N2O2/c26-23-15(4-1-6-18(23)25(27,28)29)13-31-19-7-2-5-17(24(30)32)22(19)16-10-9-14(12-20(16)31)21-8-3-11-33-21/h1-9,11-12H,13H2,(H2,30,32). The van der Waals surface area contributed by atoms with Crippen molar-refractivity contribution in [2.45, 2.75) is 12.7 Å². The highest BCUT2D eigenvalue weighted by Gasteiger charge is 2.35. The lowest BCUT2D eigenvalue weighted by Gasteiger charge is -2.13. The van der Waals surface area contributed by atoms with E-state index in [1.807, 2.05) is 0 Å². The fourth-order valence-electron chi connectivity index (χ4n) is 4.11. The molecular formula is C25H15F4N2O2. The van der Waals surface area contributed by atoms with Crippen LogP contribution in [-0.2, 0) is 12.7 Å². The Bertz CT molecular complexity index is 1520. The lowest BCUT2D eigenvalue weighted by Crippen LogP contribution is -2.12. The summed E-state index contributed by atoms with van der Waals surface area (Å²) in [5.74, 6) is -1.43. The Balaban J connectivity index is 1.79. The molecule has 4 nitrogen and oxygen atoms in total. The van der Waals surface area contributed by atoms with Crippen LogP contribution < -0.4 is 5.73 Å². The Morgan fingerprint density at radius 3 is 2.55 bits per heavy atom. The maximum absolute atomic E-state index is 14.8.